The van der Waals surface area contributed by atoms with Gasteiger partial charge in [-0.05, 0) is 0 Å². The summed E-state index contributed by atoms with van der Waals surface area (Å²) in [7, 11) is 0. The second-order valence-electron chi connectivity index (χ2n) is 3.78. The van der Waals surface area contributed by atoms with Gasteiger partial charge in [-0.2, -0.15) is 0 Å². The van der Waals surface area contributed by atoms with Gasteiger partial charge in [-0.15, -0.1) is 0 Å². The van der Waals surface area contributed by atoms with Crippen molar-refractivity contribution in [1.29, 1.82) is 0 Å². The molecule has 0 nitrogen and oxygen atoms in total. The summed E-state index contributed by atoms with van der Waals surface area (Å²) in [5.41, 5.74) is 1.50. The molecular weight excluding hydrogens is 263 g/mol. The molecule has 0 saturated carbocycles. The Labute approximate surface area is 84.5 Å². The average molecular weight is 279 g/mol. The molecule has 1 aliphatic heterocycles. The summed E-state index contributed by atoms with van der Waals surface area (Å²) in [5.74, 6) is 0. The SMILES string of the molecule is C[CH2][Sn]1([CH2]C)[CH]=Cc2cccc[c]21. The zero-order chi connectivity index (χ0) is 9.31. The first-order valence-corrected chi connectivity index (χ1v) is 12.2. The Bertz CT molecular complexity index is 335. The van der Waals surface area contributed by atoms with E-state index in [9.17, 15) is 0 Å². The Morgan fingerprint density at radius 1 is 1.08 bits per heavy atom. The van der Waals surface area contributed by atoms with Crippen molar-refractivity contribution in [1.82, 2.24) is 0 Å². The number of hydrogen-bond acceptors (Lipinski definition) is 0. The van der Waals surface area contributed by atoms with Crippen molar-refractivity contribution in [2.24, 2.45) is 0 Å². The van der Waals surface area contributed by atoms with Crippen molar-refractivity contribution < 1.29 is 0 Å². The molecule has 1 heteroatoms. The fourth-order valence-corrected chi connectivity index (χ4v) is 12.5. The Morgan fingerprint density at radius 2 is 1.77 bits per heavy atom. The van der Waals surface area contributed by atoms with Gasteiger partial charge in [-0.3, -0.25) is 0 Å². The van der Waals surface area contributed by atoms with Gasteiger partial charge in [-0.1, -0.05) is 0 Å². The molecule has 0 amide bonds. The molecule has 0 bridgehead atoms. The van der Waals surface area contributed by atoms with E-state index >= 15 is 0 Å². The number of benzene rings is 1. The molecule has 1 aliphatic rings. The van der Waals surface area contributed by atoms with Gasteiger partial charge in [0, 0.05) is 0 Å². The normalized spacial score (nSPS) is 17.4. The van der Waals surface area contributed by atoms with E-state index < -0.39 is 18.4 Å². The van der Waals surface area contributed by atoms with E-state index in [1.54, 1.807) is 3.58 Å². The average Bonchev–Trinajstić information content (AvgIpc) is 2.58. The quantitative estimate of drug-likeness (QED) is 0.730. The third-order valence-electron chi connectivity index (χ3n) is 3.34. The number of rotatable bonds is 2. The summed E-state index contributed by atoms with van der Waals surface area (Å²) >= 11 is -1.96. The predicted molar refractivity (Wildman–Crippen MR) is 61.8 cm³/mol. The third-order valence-corrected chi connectivity index (χ3v) is 17.2. The number of fused-ring (bicyclic) bond motifs is 1. The molecule has 0 aliphatic carbocycles. The van der Waals surface area contributed by atoms with Gasteiger partial charge in [0.25, 0.3) is 0 Å². The first-order chi connectivity index (χ1) is 6.32. The van der Waals surface area contributed by atoms with E-state index in [4.69, 9.17) is 0 Å². The zero-order valence-corrected chi connectivity index (χ0v) is 11.2. The van der Waals surface area contributed by atoms with Crippen LogP contribution in [0.3, 0.4) is 0 Å². The molecule has 0 aromatic heterocycles. The van der Waals surface area contributed by atoms with Crippen LogP contribution < -0.4 is 3.58 Å². The maximum atomic E-state index is 2.58. The monoisotopic (exact) mass is 280 g/mol. The first kappa shape index (κ1) is 9.32. The van der Waals surface area contributed by atoms with Gasteiger partial charge in [0.15, 0.2) is 0 Å². The fourth-order valence-electron chi connectivity index (χ4n) is 2.30. The van der Waals surface area contributed by atoms with Crippen molar-refractivity contribution >= 4 is 28.0 Å². The molecule has 1 heterocycles. The molecular formula is C12H16Sn. The second kappa shape index (κ2) is 3.49. The van der Waals surface area contributed by atoms with Crippen LogP contribution in [0.5, 0.6) is 0 Å². The molecule has 0 atom stereocenters. The molecule has 0 N–H and O–H groups in total. The van der Waals surface area contributed by atoms with Gasteiger partial charge in [0.1, 0.15) is 0 Å². The van der Waals surface area contributed by atoms with Crippen molar-refractivity contribution in [2.75, 3.05) is 0 Å². The zero-order valence-electron chi connectivity index (χ0n) is 8.38. The Kier molecular flexibility index (Phi) is 2.50. The predicted octanol–water partition coefficient (Wildman–Crippen LogP) is 2.95. The molecule has 13 heavy (non-hydrogen) atoms. The second-order valence-corrected chi connectivity index (χ2v) is 16.9. The van der Waals surface area contributed by atoms with Crippen LogP contribution in [-0.2, 0) is 0 Å². The van der Waals surface area contributed by atoms with Crippen LogP contribution in [0, 0.1) is 0 Å². The standard InChI is InChI=1S/C8H6.2C2H5.Sn/c1-2-8-6-4-3-5-7-8;2*1-2;/h1-6H;2*1H2,2H3;. The van der Waals surface area contributed by atoms with Gasteiger partial charge in [0.05, 0.1) is 0 Å². The molecule has 1 aromatic rings. The molecule has 2 rings (SSSR count). The van der Waals surface area contributed by atoms with Crippen LogP contribution in [0.25, 0.3) is 6.08 Å². The molecule has 0 unspecified atom stereocenters. The van der Waals surface area contributed by atoms with E-state index in [0.29, 0.717) is 0 Å². The summed E-state index contributed by atoms with van der Waals surface area (Å²) in [4.78, 5) is 0. The summed E-state index contributed by atoms with van der Waals surface area (Å²) in [6.07, 6.45) is 2.36. The van der Waals surface area contributed by atoms with Crippen molar-refractivity contribution in [3.8, 4) is 0 Å². The van der Waals surface area contributed by atoms with E-state index in [2.05, 4.69) is 48.3 Å². The van der Waals surface area contributed by atoms with Crippen LogP contribution >= 0.6 is 0 Å². The van der Waals surface area contributed by atoms with Crippen LogP contribution in [0.2, 0.25) is 8.87 Å². The topological polar surface area (TPSA) is 0 Å². The summed E-state index contributed by atoms with van der Waals surface area (Å²) in [6, 6.07) is 8.97. The van der Waals surface area contributed by atoms with Crippen molar-refractivity contribution in [3.63, 3.8) is 0 Å². The maximum absolute atomic E-state index is 2.58. The third kappa shape index (κ3) is 1.35. The molecule has 0 fully saturated rings. The summed E-state index contributed by atoms with van der Waals surface area (Å²) in [6.45, 7) is 4.73. The minimum atomic E-state index is -1.96. The van der Waals surface area contributed by atoms with Crippen molar-refractivity contribution in [2.45, 2.75) is 22.7 Å². The van der Waals surface area contributed by atoms with E-state index in [0.717, 1.165) is 0 Å². The van der Waals surface area contributed by atoms with Crippen LogP contribution in [0.1, 0.15) is 19.4 Å². The molecule has 0 saturated heterocycles. The van der Waals surface area contributed by atoms with E-state index in [1.165, 1.54) is 14.4 Å². The van der Waals surface area contributed by atoms with E-state index in [-0.39, 0.29) is 0 Å². The van der Waals surface area contributed by atoms with Gasteiger partial charge in [-0.25, -0.2) is 0 Å². The van der Waals surface area contributed by atoms with Crippen LogP contribution in [0.15, 0.2) is 28.4 Å². The van der Waals surface area contributed by atoms with Gasteiger partial charge < -0.3 is 0 Å². The Morgan fingerprint density at radius 3 is 2.46 bits per heavy atom. The van der Waals surface area contributed by atoms with Crippen LogP contribution in [0.4, 0.5) is 0 Å². The Hall–Kier alpha value is -0.241. The molecule has 0 radical (unpaired) electrons. The molecule has 68 valence electrons. The first-order valence-electron chi connectivity index (χ1n) is 5.11. The van der Waals surface area contributed by atoms with Gasteiger partial charge in [0.2, 0.25) is 0 Å². The van der Waals surface area contributed by atoms with E-state index in [1.807, 2.05) is 0 Å². The number of hydrogen-bond donors (Lipinski definition) is 0. The fraction of sp³-hybridized carbons (Fsp3) is 0.333. The summed E-state index contributed by atoms with van der Waals surface area (Å²) < 4.78 is 7.14. The van der Waals surface area contributed by atoms with Gasteiger partial charge >= 0.3 is 84.7 Å². The molecule has 0 spiro atoms. The minimum absolute atomic E-state index is 1.42. The summed E-state index contributed by atoms with van der Waals surface area (Å²) in [5, 5.41) is 0. The Balaban J connectivity index is 2.53. The molecule has 1 aromatic carbocycles. The van der Waals surface area contributed by atoms with Crippen LogP contribution in [-0.4, -0.2) is 18.4 Å². The van der Waals surface area contributed by atoms with Crippen molar-refractivity contribution in [3.05, 3.63) is 33.9 Å².